The third kappa shape index (κ3) is 2.50. The maximum Gasteiger partial charge on any atom is 0.270 e. The van der Waals surface area contributed by atoms with Crippen molar-refractivity contribution in [3.63, 3.8) is 0 Å². The molecule has 0 unspecified atom stereocenters. The standard InChI is InChI=1S/C17H20N4O2/c18-12-3-5-13(6-4-12)21-9-10-23-15-11-14(19-16(15)21)17(22)20-7-1-2-8-20/h3-6,11,19H,1-2,7-10,18H2. The molecule has 1 aromatic carbocycles. The SMILES string of the molecule is Nc1ccc(N2CCOc3cc(C(=O)N4CCCC4)[nH]c32)cc1. The molecule has 2 aromatic rings. The van der Waals surface area contributed by atoms with Gasteiger partial charge in [-0.3, -0.25) is 4.79 Å². The first-order valence-corrected chi connectivity index (χ1v) is 8.00. The topological polar surface area (TPSA) is 74.6 Å². The Bertz CT molecular complexity index is 717. The molecule has 3 N–H and O–H groups in total. The van der Waals surface area contributed by atoms with E-state index < -0.39 is 0 Å². The van der Waals surface area contributed by atoms with Crippen LogP contribution in [0.4, 0.5) is 17.2 Å². The van der Waals surface area contributed by atoms with Crippen LogP contribution in [-0.2, 0) is 0 Å². The van der Waals surface area contributed by atoms with Gasteiger partial charge in [-0.05, 0) is 37.1 Å². The number of likely N-dealkylation sites (tertiary alicyclic amines) is 1. The van der Waals surface area contributed by atoms with E-state index in [1.807, 2.05) is 35.2 Å². The number of hydrogen-bond donors (Lipinski definition) is 2. The van der Waals surface area contributed by atoms with E-state index in [-0.39, 0.29) is 5.91 Å². The fourth-order valence-corrected chi connectivity index (χ4v) is 3.21. The molecule has 1 fully saturated rings. The summed E-state index contributed by atoms with van der Waals surface area (Å²) >= 11 is 0. The molecule has 0 atom stereocenters. The predicted molar refractivity (Wildman–Crippen MR) is 89.3 cm³/mol. The molecule has 6 nitrogen and oxygen atoms in total. The Kier molecular flexibility index (Phi) is 3.37. The Morgan fingerprint density at radius 2 is 1.87 bits per heavy atom. The molecule has 120 valence electrons. The Balaban J connectivity index is 1.65. The number of aromatic amines is 1. The molecule has 0 aliphatic carbocycles. The van der Waals surface area contributed by atoms with Crippen LogP contribution in [0.2, 0.25) is 0 Å². The molecular weight excluding hydrogens is 292 g/mol. The molecule has 4 rings (SSSR count). The van der Waals surface area contributed by atoms with Gasteiger partial charge in [0.2, 0.25) is 0 Å². The number of aromatic nitrogens is 1. The lowest BCUT2D eigenvalue weighted by Crippen LogP contribution is -2.29. The van der Waals surface area contributed by atoms with Gasteiger partial charge in [0.1, 0.15) is 12.3 Å². The van der Waals surface area contributed by atoms with E-state index in [1.54, 1.807) is 0 Å². The normalized spacial score (nSPS) is 17.0. The number of benzene rings is 1. The molecule has 0 bridgehead atoms. The molecular formula is C17H20N4O2. The van der Waals surface area contributed by atoms with E-state index in [1.165, 1.54) is 0 Å². The van der Waals surface area contributed by atoms with Gasteiger partial charge in [0.25, 0.3) is 5.91 Å². The van der Waals surface area contributed by atoms with Crippen LogP contribution in [0.15, 0.2) is 30.3 Å². The van der Waals surface area contributed by atoms with Gasteiger partial charge in [-0.15, -0.1) is 0 Å². The number of rotatable bonds is 2. The van der Waals surface area contributed by atoms with Crippen molar-refractivity contribution in [2.75, 3.05) is 36.9 Å². The number of hydrogen-bond acceptors (Lipinski definition) is 4. The molecule has 0 radical (unpaired) electrons. The summed E-state index contributed by atoms with van der Waals surface area (Å²) in [5, 5.41) is 0. The first-order valence-electron chi connectivity index (χ1n) is 8.00. The maximum absolute atomic E-state index is 12.6. The molecule has 0 saturated carbocycles. The minimum atomic E-state index is 0.0535. The van der Waals surface area contributed by atoms with E-state index in [9.17, 15) is 4.79 Å². The van der Waals surface area contributed by atoms with E-state index in [2.05, 4.69) is 9.88 Å². The average Bonchev–Trinajstić information content (AvgIpc) is 3.24. The summed E-state index contributed by atoms with van der Waals surface area (Å²) in [5.74, 6) is 1.62. The van der Waals surface area contributed by atoms with E-state index in [4.69, 9.17) is 10.5 Å². The fraction of sp³-hybridized carbons (Fsp3) is 0.353. The minimum absolute atomic E-state index is 0.0535. The van der Waals surface area contributed by atoms with Crippen molar-refractivity contribution < 1.29 is 9.53 Å². The van der Waals surface area contributed by atoms with Crippen LogP contribution in [0.5, 0.6) is 5.75 Å². The summed E-state index contributed by atoms with van der Waals surface area (Å²) in [6.45, 7) is 3.00. The summed E-state index contributed by atoms with van der Waals surface area (Å²) in [6.07, 6.45) is 2.17. The van der Waals surface area contributed by atoms with Gasteiger partial charge >= 0.3 is 0 Å². The summed E-state index contributed by atoms with van der Waals surface area (Å²) < 4.78 is 5.72. The highest BCUT2D eigenvalue weighted by Crippen LogP contribution is 2.37. The molecule has 23 heavy (non-hydrogen) atoms. The number of carbonyl (C=O) groups is 1. The summed E-state index contributed by atoms with van der Waals surface area (Å²) in [5.41, 5.74) is 8.13. The zero-order valence-corrected chi connectivity index (χ0v) is 12.9. The molecule has 1 aromatic heterocycles. The number of ether oxygens (including phenoxy) is 1. The van der Waals surface area contributed by atoms with Crippen LogP contribution >= 0.6 is 0 Å². The van der Waals surface area contributed by atoms with Gasteiger partial charge in [0.15, 0.2) is 11.6 Å². The van der Waals surface area contributed by atoms with Crippen LogP contribution in [0, 0.1) is 0 Å². The zero-order chi connectivity index (χ0) is 15.8. The van der Waals surface area contributed by atoms with Gasteiger partial charge in [0, 0.05) is 30.5 Å². The summed E-state index contributed by atoms with van der Waals surface area (Å²) in [4.78, 5) is 19.8. The second-order valence-corrected chi connectivity index (χ2v) is 5.99. The molecule has 1 amide bonds. The van der Waals surface area contributed by atoms with Crippen molar-refractivity contribution in [3.05, 3.63) is 36.0 Å². The van der Waals surface area contributed by atoms with Crippen molar-refractivity contribution in [2.45, 2.75) is 12.8 Å². The number of anilines is 3. The van der Waals surface area contributed by atoms with Gasteiger partial charge in [0.05, 0.1) is 6.54 Å². The number of nitrogens with one attached hydrogen (secondary N) is 1. The predicted octanol–water partition coefficient (Wildman–Crippen LogP) is 2.36. The fourth-order valence-electron chi connectivity index (χ4n) is 3.21. The molecule has 2 aliphatic heterocycles. The van der Waals surface area contributed by atoms with E-state index >= 15 is 0 Å². The first kappa shape index (κ1) is 14.0. The van der Waals surface area contributed by atoms with Crippen molar-refractivity contribution in [2.24, 2.45) is 0 Å². The Hall–Kier alpha value is -2.63. The molecule has 6 heteroatoms. The molecule has 2 aliphatic rings. The molecule has 3 heterocycles. The summed E-state index contributed by atoms with van der Waals surface area (Å²) in [7, 11) is 0. The van der Waals surface area contributed by atoms with Crippen molar-refractivity contribution in [3.8, 4) is 5.75 Å². The largest absolute Gasteiger partial charge is 0.488 e. The van der Waals surface area contributed by atoms with Gasteiger partial charge < -0.3 is 25.3 Å². The number of nitrogens with zero attached hydrogens (tertiary/aromatic N) is 2. The Morgan fingerprint density at radius 3 is 2.61 bits per heavy atom. The third-order valence-electron chi connectivity index (χ3n) is 4.43. The van der Waals surface area contributed by atoms with Crippen molar-refractivity contribution >= 4 is 23.1 Å². The van der Waals surface area contributed by atoms with Crippen molar-refractivity contribution in [1.29, 1.82) is 0 Å². The Morgan fingerprint density at radius 1 is 1.13 bits per heavy atom. The van der Waals surface area contributed by atoms with Crippen LogP contribution in [0.1, 0.15) is 23.3 Å². The second-order valence-electron chi connectivity index (χ2n) is 5.99. The van der Waals surface area contributed by atoms with Crippen molar-refractivity contribution in [1.82, 2.24) is 9.88 Å². The van der Waals surface area contributed by atoms with Crippen LogP contribution in [0.25, 0.3) is 0 Å². The van der Waals surface area contributed by atoms with Crippen LogP contribution < -0.4 is 15.4 Å². The lowest BCUT2D eigenvalue weighted by atomic mass is 10.2. The highest BCUT2D eigenvalue weighted by atomic mass is 16.5. The van der Waals surface area contributed by atoms with Gasteiger partial charge in [-0.2, -0.15) is 0 Å². The number of fused-ring (bicyclic) bond motifs is 1. The number of amides is 1. The maximum atomic E-state index is 12.6. The number of carbonyl (C=O) groups excluding carboxylic acids is 1. The zero-order valence-electron chi connectivity index (χ0n) is 12.9. The smallest absolute Gasteiger partial charge is 0.270 e. The number of nitrogen functional groups attached to an aromatic ring is 1. The van der Waals surface area contributed by atoms with E-state index in [0.29, 0.717) is 12.3 Å². The number of H-pyrrole nitrogens is 1. The highest BCUT2D eigenvalue weighted by Gasteiger charge is 2.27. The third-order valence-corrected chi connectivity index (χ3v) is 4.43. The van der Waals surface area contributed by atoms with Gasteiger partial charge in [-0.25, -0.2) is 0 Å². The first-order chi connectivity index (χ1) is 11.2. The number of nitrogens with two attached hydrogens (primary N) is 1. The average molecular weight is 312 g/mol. The van der Waals surface area contributed by atoms with Crippen LogP contribution in [-0.4, -0.2) is 42.0 Å². The molecule has 0 spiro atoms. The summed E-state index contributed by atoms with van der Waals surface area (Å²) in [6, 6.07) is 9.54. The highest BCUT2D eigenvalue weighted by molar-refractivity contribution is 5.94. The lowest BCUT2D eigenvalue weighted by Gasteiger charge is -2.28. The van der Waals surface area contributed by atoms with Gasteiger partial charge in [-0.1, -0.05) is 0 Å². The quantitative estimate of drug-likeness (QED) is 0.835. The second kappa shape index (κ2) is 5.53. The minimum Gasteiger partial charge on any atom is -0.488 e. The van der Waals surface area contributed by atoms with E-state index in [0.717, 1.165) is 55.4 Å². The Labute approximate surface area is 134 Å². The monoisotopic (exact) mass is 312 g/mol. The van der Waals surface area contributed by atoms with Crippen LogP contribution in [0.3, 0.4) is 0 Å². The lowest BCUT2D eigenvalue weighted by molar-refractivity contribution is 0.0787. The molecule has 1 saturated heterocycles.